The van der Waals surface area contributed by atoms with Crippen LogP contribution in [-0.4, -0.2) is 61.8 Å². The van der Waals surface area contributed by atoms with E-state index in [1.54, 1.807) is 10.9 Å². The fraction of sp³-hybridized carbons (Fsp3) is 0.370. The summed E-state index contributed by atoms with van der Waals surface area (Å²) >= 11 is 0. The normalized spacial score (nSPS) is 15.4. The molecule has 1 aliphatic rings. The van der Waals surface area contributed by atoms with E-state index in [0.717, 1.165) is 65.5 Å². The van der Waals surface area contributed by atoms with Crippen molar-refractivity contribution in [3.63, 3.8) is 0 Å². The van der Waals surface area contributed by atoms with Crippen LogP contribution in [0.5, 0.6) is 0 Å². The molecule has 36 heavy (non-hydrogen) atoms. The van der Waals surface area contributed by atoms with Crippen LogP contribution in [0.4, 0.5) is 5.69 Å². The van der Waals surface area contributed by atoms with Gasteiger partial charge in [-0.2, -0.15) is 0 Å². The van der Waals surface area contributed by atoms with Crippen molar-refractivity contribution in [2.24, 2.45) is 0 Å². The zero-order valence-electron chi connectivity index (χ0n) is 20.9. The molecule has 0 saturated carbocycles. The molecule has 184 valence electrons. The molecule has 0 N–H and O–H groups in total. The summed E-state index contributed by atoms with van der Waals surface area (Å²) in [4.78, 5) is 6.68. The Bertz CT molecular complexity index is 1370. The highest BCUT2D eigenvalue weighted by Crippen LogP contribution is 2.21. The number of hydrogen-bond acceptors (Lipinski definition) is 7. The highest BCUT2D eigenvalue weighted by Gasteiger charge is 2.16. The van der Waals surface area contributed by atoms with Gasteiger partial charge < -0.3 is 9.64 Å². The average Bonchev–Trinajstić information content (AvgIpc) is 3.55. The van der Waals surface area contributed by atoms with E-state index in [1.165, 1.54) is 6.42 Å². The van der Waals surface area contributed by atoms with Crippen LogP contribution < -0.4 is 4.90 Å². The molecule has 5 rings (SSSR count). The molecule has 1 aliphatic heterocycles. The lowest BCUT2D eigenvalue weighted by molar-refractivity contribution is 0.00370. The molecule has 0 radical (unpaired) electrons. The molecule has 1 aromatic carbocycles. The summed E-state index contributed by atoms with van der Waals surface area (Å²) in [5.74, 6) is 6.34. The Morgan fingerprint density at radius 1 is 1.03 bits per heavy atom. The maximum Gasteiger partial charge on any atom is 0.131 e. The third-order valence-corrected chi connectivity index (χ3v) is 6.22. The second-order valence-electron chi connectivity index (χ2n) is 9.25. The first kappa shape index (κ1) is 23.7. The lowest BCUT2D eigenvalue weighted by Gasteiger charge is -2.21. The molecule has 9 nitrogen and oxygen atoms in total. The van der Waals surface area contributed by atoms with Gasteiger partial charge in [-0.1, -0.05) is 34.4 Å². The van der Waals surface area contributed by atoms with E-state index in [-0.39, 0.29) is 6.10 Å². The number of aromatic nitrogens is 7. The summed E-state index contributed by atoms with van der Waals surface area (Å²) in [5, 5.41) is 17.1. The van der Waals surface area contributed by atoms with E-state index in [9.17, 15) is 0 Å². The van der Waals surface area contributed by atoms with Crippen molar-refractivity contribution in [2.75, 3.05) is 25.6 Å². The topological polar surface area (TPSA) is 86.8 Å². The Morgan fingerprint density at radius 3 is 2.56 bits per heavy atom. The monoisotopic (exact) mass is 482 g/mol. The number of benzene rings is 1. The smallest absolute Gasteiger partial charge is 0.131 e. The molecule has 1 atom stereocenters. The fourth-order valence-electron chi connectivity index (χ4n) is 4.23. The maximum atomic E-state index is 5.81. The maximum absolute atomic E-state index is 5.81. The number of hydrogen-bond donors (Lipinski definition) is 0. The number of rotatable bonds is 6. The van der Waals surface area contributed by atoms with Crippen molar-refractivity contribution in [3.05, 3.63) is 60.0 Å². The first-order valence-corrected chi connectivity index (χ1v) is 12.2. The highest BCUT2D eigenvalue weighted by atomic mass is 16.5. The zero-order valence-corrected chi connectivity index (χ0v) is 20.9. The van der Waals surface area contributed by atoms with Crippen LogP contribution in [0.2, 0.25) is 0 Å². The van der Waals surface area contributed by atoms with Gasteiger partial charge in [0, 0.05) is 43.7 Å². The molecule has 0 bridgehead atoms. The van der Waals surface area contributed by atoms with Gasteiger partial charge in [0.1, 0.15) is 17.9 Å². The van der Waals surface area contributed by atoms with E-state index in [0.29, 0.717) is 6.54 Å². The van der Waals surface area contributed by atoms with Crippen LogP contribution in [0.1, 0.15) is 30.4 Å². The lowest BCUT2D eigenvalue weighted by atomic mass is 10.1. The molecule has 1 unspecified atom stereocenters. The SMILES string of the molecule is Cc1cc(C#CCn2cc(-c3ccc(N(C)C)cc3)nn2)cnc1-c1cn(CC2CCCCO2)nn1. The summed E-state index contributed by atoms with van der Waals surface area (Å²) in [6, 6.07) is 10.3. The minimum atomic E-state index is 0.213. The van der Waals surface area contributed by atoms with Gasteiger partial charge in [-0.25, -0.2) is 9.36 Å². The summed E-state index contributed by atoms with van der Waals surface area (Å²) in [6.07, 6.45) is 9.26. The van der Waals surface area contributed by atoms with E-state index >= 15 is 0 Å². The van der Waals surface area contributed by atoms with Crippen molar-refractivity contribution in [1.82, 2.24) is 35.0 Å². The largest absolute Gasteiger partial charge is 0.378 e. The average molecular weight is 483 g/mol. The van der Waals surface area contributed by atoms with Crippen LogP contribution in [-0.2, 0) is 17.8 Å². The molecular weight excluding hydrogens is 452 g/mol. The summed E-state index contributed by atoms with van der Waals surface area (Å²) < 4.78 is 9.40. The first-order chi connectivity index (χ1) is 17.5. The summed E-state index contributed by atoms with van der Waals surface area (Å²) in [7, 11) is 4.04. The second kappa shape index (κ2) is 10.7. The fourth-order valence-corrected chi connectivity index (χ4v) is 4.23. The third-order valence-electron chi connectivity index (χ3n) is 6.22. The standard InChI is InChI=1S/C27H30N8O/c1-20-15-21(16-28-27(20)26-19-35(32-30-26)17-24-8-4-5-14-36-24)7-6-13-34-18-25(29-31-34)22-9-11-23(12-10-22)33(2)3/h9-12,15-16,18-19,24H,4-5,8,13-14,17H2,1-3H3. The van der Waals surface area contributed by atoms with E-state index in [4.69, 9.17) is 4.74 Å². The molecular formula is C27H30N8O. The van der Waals surface area contributed by atoms with Crippen LogP contribution in [0, 0.1) is 18.8 Å². The lowest BCUT2D eigenvalue weighted by Crippen LogP contribution is -2.24. The van der Waals surface area contributed by atoms with E-state index < -0.39 is 0 Å². The number of aryl methyl sites for hydroxylation is 1. The zero-order chi connectivity index (χ0) is 24.9. The Hall–Kier alpha value is -4.03. The van der Waals surface area contributed by atoms with E-state index in [1.807, 2.05) is 56.3 Å². The highest BCUT2D eigenvalue weighted by molar-refractivity contribution is 5.62. The summed E-state index contributed by atoms with van der Waals surface area (Å²) in [5.41, 5.74) is 6.43. The van der Waals surface area contributed by atoms with Crippen LogP contribution in [0.25, 0.3) is 22.6 Å². The van der Waals surface area contributed by atoms with Crippen molar-refractivity contribution < 1.29 is 4.74 Å². The Morgan fingerprint density at radius 2 is 1.81 bits per heavy atom. The van der Waals surface area contributed by atoms with Gasteiger partial charge in [0.15, 0.2) is 0 Å². The van der Waals surface area contributed by atoms with Crippen molar-refractivity contribution in [2.45, 2.75) is 45.4 Å². The van der Waals surface area contributed by atoms with Gasteiger partial charge in [-0.05, 0) is 49.9 Å². The van der Waals surface area contributed by atoms with Gasteiger partial charge >= 0.3 is 0 Å². The molecule has 3 aromatic heterocycles. The van der Waals surface area contributed by atoms with Gasteiger partial charge in [-0.3, -0.25) is 4.98 Å². The van der Waals surface area contributed by atoms with Gasteiger partial charge in [0.25, 0.3) is 0 Å². The van der Waals surface area contributed by atoms with E-state index in [2.05, 4.69) is 54.5 Å². The number of ether oxygens (including phenoxy) is 1. The molecule has 1 fully saturated rings. The Labute approximate surface area is 211 Å². The molecule has 0 spiro atoms. The number of pyridine rings is 1. The van der Waals surface area contributed by atoms with Crippen LogP contribution >= 0.6 is 0 Å². The van der Waals surface area contributed by atoms with Gasteiger partial charge in [0.2, 0.25) is 0 Å². The summed E-state index contributed by atoms with van der Waals surface area (Å²) in [6.45, 7) is 4.02. The third kappa shape index (κ3) is 5.61. The predicted octanol–water partition coefficient (Wildman–Crippen LogP) is 3.59. The Balaban J connectivity index is 1.21. The number of anilines is 1. The molecule has 4 aromatic rings. The van der Waals surface area contributed by atoms with Crippen molar-refractivity contribution >= 4 is 5.69 Å². The van der Waals surface area contributed by atoms with Gasteiger partial charge in [-0.15, -0.1) is 10.2 Å². The second-order valence-corrected chi connectivity index (χ2v) is 9.25. The van der Waals surface area contributed by atoms with Crippen molar-refractivity contribution in [3.8, 4) is 34.5 Å². The van der Waals surface area contributed by atoms with Crippen molar-refractivity contribution in [1.29, 1.82) is 0 Å². The molecule has 9 heteroatoms. The minimum Gasteiger partial charge on any atom is -0.378 e. The first-order valence-electron chi connectivity index (χ1n) is 12.2. The molecule has 1 saturated heterocycles. The minimum absolute atomic E-state index is 0.213. The molecule has 0 amide bonds. The number of nitrogens with zero attached hydrogens (tertiary/aromatic N) is 8. The van der Waals surface area contributed by atoms with Crippen LogP contribution in [0.3, 0.4) is 0 Å². The quantitative estimate of drug-likeness (QED) is 0.388. The molecule has 4 heterocycles. The van der Waals surface area contributed by atoms with Crippen LogP contribution in [0.15, 0.2) is 48.9 Å². The molecule has 0 aliphatic carbocycles. The predicted molar refractivity (Wildman–Crippen MR) is 138 cm³/mol. The van der Waals surface area contributed by atoms with Gasteiger partial charge in [0.05, 0.1) is 30.7 Å². The Kier molecular flexibility index (Phi) is 7.05.